The molecule has 0 radical (unpaired) electrons. The van der Waals surface area contributed by atoms with Crippen molar-refractivity contribution in [3.63, 3.8) is 0 Å². The standard InChI is InChI=1S/C17H23NO/c1-17(2)14-10-6-7-11-15(14)18(16(17)19)12-13-8-4-3-5-9-13/h3-5,8-9,14-15H,6-7,10-12H2,1-2H3/t14-,15+/m1/s1. The van der Waals surface area contributed by atoms with Crippen LogP contribution in [0.5, 0.6) is 0 Å². The highest BCUT2D eigenvalue weighted by Gasteiger charge is 2.53. The van der Waals surface area contributed by atoms with Crippen LogP contribution in [0, 0.1) is 11.3 Å². The molecule has 2 fully saturated rings. The molecule has 1 aromatic rings. The number of benzene rings is 1. The fourth-order valence-electron chi connectivity index (χ4n) is 3.97. The average Bonchev–Trinajstić information content (AvgIpc) is 2.62. The quantitative estimate of drug-likeness (QED) is 0.792. The summed E-state index contributed by atoms with van der Waals surface area (Å²) in [6, 6.07) is 10.9. The van der Waals surface area contributed by atoms with E-state index in [1.165, 1.54) is 31.2 Å². The number of carbonyl (C=O) groups is 1. The number of amides is 1. The fraction of sp³-hybridized carbons (Fsp3) is 0.588. The highest BCUT2D eigenvalue weighted by Crippen LogP contribution is 2.48. The van der Waals surface area contributed by atoms with Crippen molar-refractivity contribution in [3.05, 3.63) is 35.9 Å². The van der Waals surface area contributed by atoms with Gasteiger partial charge in [-0.15, -0.1) is 0 Å². The Morgan fingerprint density at radius 3 is 2.58 bits per heavy atom. The topological polar surface area (TPSA) is 20.3 Å². The van der Waals surface area contributed by atoms with Crippen LogP contribution in [0.2, 0.25) is 0 Å². The SMILES string of the molecule is CC1(C)C(=O)N(Cc2ccccc2)[C@H]2CCCC[C@H]21. The smallest absolute Gasteiger partial charge is 0.229 e. The van der Waals surface area contributed by atoms with Gasteiger partial charge in [-0.05, 0) is 24.3 Å². The van der Waals surface area contributed by atoms with Crippen LogP contribution in [0.3, 0.4) is 0 Å². The average molecular weight is 257 g/mol. The minimum absolute atomic E-state index is 0.167. The summed E-state index contributed by atoms with van der Waals surface area (Å²) in [5, 5.41) is 0. The number of rotatable bonds is 2. The summed E-state index contributed by atoms with van der Waals surface area (Å²) in [4.78, 5) is 14.9. The molecule has 1 saturated heterocycles. The molecule has 2 nitrogen and oxygen atoms in total. The van der Waals surface area contributed by atoms with Gasteiger partial charge in [0.15, 0.2) is 0 Å². The molecule has 1 saturated carbocycles. The third kappa shape index (κ3) is 2.07. The normalized spacial score (nSPS) is 29.4. The first-order chi connectivity index (χ1) is 9.10. The molecule has 2 atom stereocenters. The van der Waals surface area contributed by atoms with Crippen LogP contribution in [0.15, 0.2) is 30.3 Å². The van der Waals surface area contributed by atoms with E-state index in [1.54, 1.807) is 0 Å². The molecule has 19 heavy (non-hydrogen) atoms. The zero-order chi connectivity index (χ0) is 13.5. The Balaban J connectivity index is 1.86. The third-order valence-electron chi connectivity index (χ3n) is 5.06. The molecule has 0 aromatic heterocycles. The summed E-state index contributed by atoms with van der Waals surface area (Å²) >= 11 is 0. The largest absolute Gasteiger partial charge is 0.335 e. The van der Waals surface area contributed by atoms with E-state index in [1.807, 2.05) is 6.07 Å². The van der Waals surface area contributed by atoms with Gasteiger partial charge in [0.25, 0.3) is 0 Å². The summed E-state index contributed by atoms with van der Waals surface area (Å²) in [6.45, 7) is 5.07. The summed E-state index contributed by atoms with van der Waals surface area (Å²) in [6.07, 6.45) is 4.97. The van der Waals surface area contributed by atoms with Gasteiger partial charge in [0.2, 0.25) is 5.91 Å². The number of fused-ring (bicyclic) bond motifs is 1. The van der Waals surface area contributed by atoms with Crippen LogP contribution in [-0.2, 0) is 11.3 Å². The Labute approximate surface area is 115 Å². The molecule has 102 valence electrons. The second-order valence-corrected chi connectivity index (χ2v) is 6.60. The van der Waals surface area contributed by atoms with Gasteiger partial charge in [-0.1, -0.05) is 57.0 Å². The maximum Gasteiger partial charge on any atom is 0.229 e. The molecular weight excluding hydrogens is 234 g/mol. The van der Waals surface area contributed by atoms with Gasteiger partial charge in [-0.25, -0.2) is 0 Å². The van der Waals surface area contributed by atoms with Gasteiger partial charge in [0.05, 0.1) is 0 Å². The van der Waals surface area contributed by atoms with Gasteiger partial charge in [0.1, 0.15) is 0 Å². The first-order valence-electron chi connectivity index (χ1n) is 7.45. The van der Waals surface area contributed by atoms with Crippen LogP contribution < -0.4 is 0 Å². The minimum atomic E-state index is -0.167. The third-order valence-corrected chi connectivity index (χ3v) is 5.06. The van der Waals surface area contributed by atoms with Crippen LogP contribution in [0.25, 0.3) is 0 Å². The van der Waals surface area contributed by atoms with Crippen molar-refractivity contribution in [2.75, 3.05) is 0 Å². The lowest BCUT2D eigenvalue weighted by Crippen LogP contribution is -2.36. The van der Waals surface area contributed by atoms with E-state index in [0.717, 1.165) is 6.54 Å². The fourth-order valence-corrected chi connectivity index (χ4v) is 3.97. The Hall–Kier alpha value is -1.31. The molecule has 0 spiro atoms. The highest BCUT2D eigenvalue weighted by molar-refractivity contribution is 5.85. The molecule has 1 heterocycles. The molecule has 2 aliphatic rings. The number of hydrogen-bond acceptors (Lipinski definition) is 1. The van der Waals surface area contributed by atoms with Crippen LogP contribution in [-0.4, -0.2) is 16.8 Å². The Morgan fingerprint density at radius 1 is 1.16 bits per heavy atom. The van der Waals surface area contributed by atoms with E-state index in [4.69, 9.17) is 0 Å². The first-order valence-corrected chi connectivity index (χ1v) is 7.45. The molecule has 2 heteroatoms. The lowest BCUT2D eigenvalue weighted by molar-refractivity contribution is -0.136. The van der Waals surface area contributed by atoms with Gasteiger partial charge in [-0.2, -0.15) is 0 Å². The van der Waals surface area contributed by atoms with Crippen molar-refractivity contribution in [3.8, 4) is 0 Å². The van der Waals surface area contributed by atoms with Crippen LogP contribution in [0.4, 0.5) is 0 Å². The summed E-state index contributed by atoms with van der Waals surface area (Å²) in [5.74, 6) is 0.908. The summed E-state index contributed by atoms with van der Waals surface area (Å²) in [5.41, 5.74) is 1.08. The predicted molar refractivity (Wildman–Crippen MR) is 76.5 cm³/mol. The van der Waals surface area contributed by atoms with Crippen molar-refractivity contribution in [1.29, 1.82) is 0 Å². The van der Waals surface area contributed by atoms with Gasteiger partial charge >= 0.3 is 0 Å². The van der Waals surface area contributed by atoms with Crippen molar-refractivity contribution >= 4 is 5.91 Å². The summed E-state index contributed by atoms with van der Waals surface area (Å²) in [7, 11) is 0. The Morgan fingerprint density at radius 2 is 1.84 bits per heavy atom. The molecule has 1 amide bonds. The van der Waals surface area contributed by atoms with E-state index >= 15 is 0 Å². The number of carbonyl (C=O) groups excluding carboxylic acids is 1. The predicted octanol–water partition coefficient (Wildman–Crippen LogP) is 3.61. The van der Waals surface area contributed by atoms with E-state index in [-0.39, 0.29) is 5.41 Å². The van der Waals surface area contributed by atoms with Crippen molar-refractivity contribution in [2.45, 2.75) is 52.1 Å². The maximum absolute atomic E-state index is 12.7. The number of likely N-dealkylation sites (tertiary alicyclic amines) is 1. The lowest BCUT2D eigenvalue weighted by Gasteiger charge is -2.33. The van der Waals surface area contributed by atoms with E-state index in [2.05, 4.69) is 43.0 Å². The van der Waals surface area contributed by atoms with Crippen molar-refractivity contribution in [2.24, 2.45) is 11.3 Å². The summed E-state index contributed by atoms with van der Waals surface area (Å²) < 4.78 is 0. The minimum Gasteiger partial charge on any atom is -0.335 e. The molecular formula is C17H23NO. The highest BCUT2D eigenvalue weighted by atomic mass is 16.2. The van der Waals surface area contributed by atoms with Crippen molar-refractivity contribution < 1.29 is 4.79 Å². The lowest BCUT2D eigenvalue weighted by atomic mass is 9.72. The molecule has 3 rings (SSSR count). The monoisotopic (exact) mass is 257 g/mol. The first kappa shape index (κ1) is 12.7. The molecule has 1 aromatic carbocycles. The molecule has 1 aliphatic heterocycles. The second-order valence-electron chi connectivity index (χ2n) is 6.60. The zero-order valence-corrected chi connectivity index (χ0v) is 11.9. The van der Waals surface area contributed by atoms with Crippen LogP contribution in [0.1, 0.15) is 45.1 Å². The van der Waals surface area contributed by atoms with E-state index < -0.39 is 0 Å². The van der Waals surface area contributed by atoms with Crippen LogP contribution >= 0.6 is 0 Å². The van der Waals surface area contributed by atoms with Gasteiger partial charge < -0.3 is 4.90 Å². The van der Waals surface area contributed by atoms with Crippen molar-refractivity contribution in [1.82, 2.24) is 4.90 Å². The zero-order valence-electron chi connectivity index (χ0n) is 11.9. The molecule has 0 bridgehead atoms. The molecule has 1 aliphatic carbocycles. The van der Waals surface area contributed by atoms with Gasteiger partial charge in [0, 0.05) is 18.0 Å². The maximum atomic E-state index is 12.7. The molecule has 0 N–H and O–H groups in total. The Kier molecular flexibility index (Phi) is 3.12. The van der Waals surface area contributed by atoms with E-state index in [9.17, 15) is 4.79 Å². The number of hydrogen-bond donors (Lipinski definition) is 0. The number of nitrogens with zero attached hydrogens (tertiary/aromatic N) is 1. The van der Waals surface area contributed by atoms with E-state index in [0.29, 0.717) is 17.9 Å². The van der Waals surface area contributed by atoms with Gasteiger partial charge in [-0.3, -0.25) is 4.79 Å². The Bertz CT molecular complexity index is 465. The second kappa shape index (κ2) is 4.66. The molecule has 0 unspecified atom stereocenters.